The molecule has 10 heteroatoms. The molecular weight excluding hydrogens is 514 g/mol. The molecule has 3 aromatic carbocycles. The predicted molar refractivity (Wildman–Crippen MR) is 151 cm³/mol. The maximum atomic E-state index is 14.8. The van der Waals surface area contributed by atoms with Gasteiger partial charge >= 0.3 is 0 Å². The van der Waals surface area contributed by atoms with Gasteiger partial charge in [0.05, 0.1) is 10.9 Å². The van der Waals surface area contributed by atoms with Gasteiger partial charge in [-0.3, -0.25) is 4.79 Å². The van der Waals surface area contributed by atoms with Crippen LogP contribution in [0, 0.1) is 24.0 Å². The highest BCUT2D eigenvalue weighted by molar-refractivity contribution is 5.98. The van der Waals surface area contributed by atoms with Crippen LogP contribution in [0.15, 0.2) is 82.3 Å². The molecule has 3 heterocycles. The van der Waals surface area contributed by atoms with Crippen LogP contribution in [0.4, 0.5) is 14.6 Å². The number of hydrogen-bond donors (Lipinski definition) is 2. The van der Waals surface area contributed by atoms with Gasteiger partial charge in [-0.25, -0.2) is 23.4 Å². The number of aryl methyl sites for hydroxylation is 1. The molecular formula is C30H24F2N6O2. The zero-order chi connectivity index (χ0) is 28.6. The van der Waals surface area contributed by atoms with Gasteiger partial charge in [-0.05, 0) is 50.4 Å². The second-order valence-electron chi connectivity index (χ2n) is 9.09. The van der Waals surface area contributed by atoms with E-state index in [4.69, 9.17) is 20.7 Å². The molecule has 1 atom stereocenters. The van der Waals surface area contributed by atoms with Crippen LogP contribution in [0.1, 0.15) is 24.3 Å². The molecule has 3 N–H and O–H groups in total. The van der Waals surface area contributed by atoms with E-state index in [0.29, 0.717) is 16.7 Å². The molecule has 0 spiro atoms. The molecule has 0 aliphatic carbocycles. The molecule has 1 unspecified atom stereocenters. The van der Waals surface area contributed by atoms with Crippen LogP contribution in [-0.4, -0.2) is 26.5 Å². The first-order valence-corrected chi connectivity index (χ1v) is 12.3. The number of aromatic nitrogens is 4. The highest BCUT2D eigenvalue weighted by Gasteiger charge is 2.27. The van der Waals surface area contributed by atoms with Crippen molar-refractivity contribution in [1.29, 1.82) is 5.41 Å². The van der Waals surface area contributed by atoms with Crippen molar-refractivity contribution in [1.82, 2.24) is 19.7 Å². The predicted octanol–water partition coefficient (Wildman–Crippen LogP) is 6.31. The summed E-state index contributed by atoms with van der Waals surface area (Å²) >= 11 is 0. The summed E-state index contributed by atoms with van der Waals surface area (Å²) in [5.41, 5.74) is 8.90. The van der Waals surface area contributed by atoms with Crippen LogP contribution >= 0.6 is 0 Å². The van der Waals surface area contributed by atoms with Crippen LogP contribution in [0.5, 0.6) is 0 Å². The van der Waals surface area contributed by atoms with E-state index in [-0.39, 0.29) is 33.7 Å². The number of benzene rings is 3. The summed E-state index contributed by atoms with van der Waals surface area (Å²) in [5, 5.41) is 10.7. The highest BCUT2D eigenvalue weighted by Crippen LogP contribution is 2.36. The third kappa shape index (κ3) is 4.39. The maximum absolute atomic E-state index is 14.8. The van der Waals surface area contributed by atoms with E-state index in [2.05, 4.69) is 16.7 Å². The summed E-state index contributed by atoms with van der Waals surface area (Å²) in [5.74, 6) is -0.840. The molecule has 0 saturated heterocycles. The number of nitrogens with zero attached hydrogens (tertiary/aromatic N) is 4. The Morgan fingerprint density at radius 3 is 2.42 bits per heavy atom. The zero-order valence-electron chi connectivity index (χ0n) is 21.7. The summed E-state index contributed by atoms with van der Waals surface area (Å²) < 4.78 is 36.8. The van der Waals surface area contributed by atoms with Gasteiger partial charge < -0.3 is 15.6 Å². The topological polar surface area (TPSA) is 124 Å². The minimum Gasteiger partial charge on any atom is -0.458 e. The van der Waals surface area contributed by atoms with E-state index < -0.39 is 23.1 Å². The third-order valence-electron chi connectivity index (χ3n) is 6.60. The first kappa shape index (κ1) is 26.4. The van der Waals surface area contributed by atoms with Crippen molar-refractivity contribution < 1.29 is 13.2 Å². The van der Waals surface area contributed by atoms with E-state index in [1.54, 1.807) is 17.7 Å². The monoisotopic (exact) mass is 538 g/mol. The van der Waals surface area contributed by atoms with Gasteiger partial charge in [0.2, 0.25) is 5.43 Å². The Labute approximate surface area is 227 Å². The van der Waals surface area contributed by atoms with Gasteiger partial charge in [-0.2, -0.15) is 5.10 Å². The molecule has 40 heavy (non-hydrogen) atoms. The Morgan fingerprint density at radius 2 is 1.70 bits per heavy atom. The molecule has 0 bridgehead atoms. The van der Waals surface area contributed by atoms with E-state index in [9.17, 15) is 13.6 Å². The van der Waals surface area contributed by atoms with Crippen molar-refractivity contribution in [2.45, 2.75) is 19.9 Å². The zero-order valence-corrected chi connectivity index (χ0v) is 21.7. The van der Waals surface area contributed by atoms with Crippen molar-refractivity contribution in [2.24, 2.45) is 0 Å². The fourth-order valence-corrected chi connectivity index (χ4v) is 4.72. The Bertz CT molecular complexity index is 1930. The first-order chi connectivity index (χ1) is 19.3. The molecule has 8 nitrogen and oxygen atoms in total. The average Bonchev–Trinajstić information content (AvgIpc) is 3.35. The molecule has 0 fully saturated rings. The Kier molecular flexibility index (Phi) is 6.91. The lowest BCUT2D eigenvalue weighted by molar-refractivity contribution is 0.445. The van der Waals surface area contributed by atoms with Gasteiger partial charge in [-0.15, -0.1) is 0 Å². The van der Waals surface area contributed by atoms with Crippen LogP contribution in [0.2, 0.25) is 0 Å². The number of hydrogen-bond acceptors (Lipinski definition) is 7. The van der Waals surface area contributed by atoms with Gasteiger partial charge in [-0.1, -0.05) is 48.0 Å². The molecule has 3 aromatic heterocycles. The number of fused-ring (bicyclic) bond motifs is 2. The minimum absolute atomic E-state index is 0.0390. The Hall–Kier alpha value is -5.25. The maximum Gasteiger partial charge on any atom is 0.203 e. The van der Waals surface area contributed by atoms with Crippen LogP contribution < -0.4 is 11.2 Å². The SMILES string of the molecule is C=N.Cc1ccc(-c2nn(C(C)c3oc4cccc(F)c4c(=O)c3-c3cccc(F)c3)c3ncnc(N)c23)cc1. The number of nitrogen functional groups attached to an aromatic ring is 1. The molecule has 0 aliphatic rings. The van der Waals surface area contributed by atoms with Crippen molar-refractivity contribution in [3.05, 3.63) is 106 Å². The van der Waals surface area contributed by atoms with Crippen LogP contribution in [0.3, 0.4) is 0 Å². The number of nitrogens with one attached hydrogen (secondary N) is 1. The van der Waals surface area contributed by atoms with E-state index in [0.717, 1.165) is 11.1 Å². The van der Waals surface area contributed by atoms with Crippen molar-refractivity contribution in [2.75, 3.05) is 5.73 Å². The van der Waals surface area contributed by atoms with Crippen LogP contribution in [0.25, 0.3) is 44.4 Å². The Morgan fingerprint density at radius 1 is 0.975 bits per heavy atom. The minimum atomic E-state index is -0.722. The van der Waals surface area contributed by atoms with Crippen molar-refractivity contribution >= 4 is 34.5 Å². The summed E-state index contributed by atoms with van der Waals surface area (Å²) in [4.78, 5) is 22.3. The molecule has 200 valence electrons. The number of halogens is 2. The molecule has 0 saturated carbocycles. The smallest absolute Gasteiger partial charge is 0.203 e. The van der Waals surface area contributed by atoms with Crippen molar-refractivity contribution in [3.63, 3.8) is 0 Å². The highest BCUT2D eigenvalue weighted by atomic mass is 19.1. The van der Waals surface area contributed by atoms with E-state index >= 15 is 0 Å². The average molecular weight is 539 g/mol. The van der Waals surface area contributed by atoms with E-state index in [1.165, 1.54) is 42.7 Å². The molecule has 0 radical (unpaired) electrons. The molecule has 6 aromatic rings. The quantitative estimate of drug-likeness (QED) is 0.254. The largest absolute Gasteiger partial charge is 0.458 e. The van der Waals surface area contributed by atoms with Gasteiger partial charge in [0, 0.05) is 5.56 Å². The fourth-order valence-electron chi connectivity index (χ4n) is 4.72. The first-order valence-electron chi connectivity index (χ1n) is 12.3. The number of anilines is 1. The standard InChI is InChI=1S/C29H21F2N5O2.CH3N/c1-15-9-11-17(12-10-15)25-24-28(32)33-14-34-29(24)36(35-25)16(2)27-22(18-5-3-6-19(30)13-18)26(37)23-20(31)7-4-8-21(23)38-27;1-2/h3-14,16H,1-2H3,(H2,32,33,34);2H,1H2. The molecule has 0 amide bonds. The summed E-state index contributed by atoms with van der Waals surface area (Å²) in [6.07, 6.45) is 1.33. The number of rotatable bonds is 4. The normalized spacial score (nSPS) is 11.8. The fraction of sp³-hybridized carbons (Fsp3) is 0.100. The lowest BCUT2D eigenvalue weighted by Gasteiger charge is -2.17. The van der Waals surface area contributed by atoms with E-state index in [1.807, 2.05) is 31.2 Å². The second-order valence-corrected chi connectivity index (χ2v) is 9.09. The third-order valence-corrected chi connectivity index (χ3v) is 6.60. The second kappa shape index (κ2) is 10.5. The summed E-state index contributed by atoms with van der Waals surface area (Å²) in [6, 6.07) is 16.8. The van der Waals surface area contributed by atoms with Gasteiger partial charge in [0.25, 0.3) is 0 Å². The molecule has 0 aliphatic heterocycles. The lowest BCUT2D eigenvalue weighted by atomic mass is 9.99. The lowest BCUT2D eigenvalue weighted by Crippen LogP contribution is -2.17. The Balaban J connectivity index is 0.00000158. The van der Waals surface area contributed by atoms with Crippen LogP contribution in [-0.2, 0) is 0 Å². The summed E-state index contributed by atoms with van der Waals surface area (Å²) in [6.45, 7) is 6.26. The molecule has 6 rings (SSSR count). The van der Waals surface area contributed by atoms with Gasteiger partial charge in [0.15, 0.2) is 5.65 Å². The van der Waals surface area contributed by atoms with Crippen molar-refractivity contribution in [3.8, 4) is 22.4 Å². The van der Waals surface area contributed by atoms with Gasteiger partial charge in [0.1, 0.15) is 52.2 Å². The summed E-state index contributed by atoms with van der Waals surface area (Å²) in [7, 11) is 0. The number of nitrogens with two attached hydrogens (primary N) is 1.